The van der Waals surface area contributed by atoms with Crippen molar-refractivity contribution in [1.82, 2.24) is 0 Å². The van der Waals surface area contributed by atoms with Gasteiger partial charge in [-0.1, -0.05) is 51.9 Å². The Morgan fingerprint density at radius 3 is 2.40 bits per heavy atom. The molecule has 0 fully saturated rings. The molecule has 0 saturated carbocycles. The summed E-state index contributed by atoms with van der Waals surface area (Å²) >= 11 is 0. The molecular formula is C13H24O2. The van der Waals surface area contributed by atoms with Crippen LogP contribution in [0.3, 0.4) is 0 Å². The van der Waals surface area contributed by atoms with Crippen molar-refractivity contribution in [2.45, 2.75) is 71.5 Å². The summed E-state index contributed by atoms with van der Waals surface area (Å²) in [4.78, 5) is 0. The predicted molar refractivity (Wildman–Crippen MR) is 63.2 cm³/mol. The van der Waals surface area contributed by atoms with Crippen molar-refractivity contribution in [2.75, 3.05) is 0 Å². The lowest BCUT2D eigenvalue weighted by Crippen LogP contribution is -2.05. The van der Waals surface area contributed by atoms with E-state index in [1.54, 1.807) is 0 Å². The molecule has 88 valence electrons. The molecule has 2 nitrogen and oxygen atoms in total. The molecule has 0 aromatic rings. The van der Waals surface area contributed by atoms with Gasteiger partial charge >= 0.3 is 0 Å². The molecule has 0 bridgehead atoms. The van der Waals surface area contributed by atoms with Gasteiger partial charge in [-0.25, -0.2) is 0 Å². The van der Waals surface area contributed by atoms with Gasteiger partial charge in [0.15, 0.2) is 0 Å². The Kier molecular flexibility index (Phi) is 10.9. The minimum Gasteiger partial charge on any atom is -0.415 e. The maximum Gasteiger partial charge on any atom is 0.207 e. The summed E-state index contributed by atoms with van der Waals surface area (Å²) in [5.41, 5.74) is 0. The number of hydrogen-bond donors (Lipinski definition) is 1. The van der Waals surface area contributed by atoms with E-state index >= 15 is 0 Å². The van der Waals surface area contributed by atoms with Gasteiger partial charge in [-0.2, -0.15) is 0 Å². The summed E-state index contributed by atoms with van der Waals surface area (Å²) in [6.45, 7) is 4.09. The van der Waals surface area contributed by atoms with Gasteiger partial charge in [-0.3, -0.25) is 0 Å². The Hall–Kier alpha value is -0.680. The van der Waals surface area contributed by atoms with Gasteiger partial charge < -0.3 is 9.84 Å². The zero-order valence-corrected chi connectivity index (χ0v) is 10.1. The first-order valence-corrected chi connectivity index (χ1v) is 6.12. The fraction of sp³-hybridized carbons (Fsp3) is 0.846. The molecule has 0 aliphatic heterocycles. The normalized spacial score (nSPS) is 11.7. The van der Waals surface area contributed by atoms with Crippen molar-refractivity contribution in [3.63, 3.8) is 0 Å². The molecule has 0 aromatic heterocycles. The summed E-state index contributed by atoms with van der Waals surface area (Å²) in [7, 11) is 0. The van der Waals surface area contributed by atoms with E-state index in [2.05, 4.69) is 19.0 Å². The molecule has 0 amide bonds. The van der Waals surface area contributed by atoms with Crippen molar-refractivity contribution >= 4 is 0 Å². The third kappa shape index (κ3) is 11.2. The molecule has 0 aliphatic carbocycles. The number of hydrogen-bond acceptors (Lipinski definition) is 2. The summed E-state index contributed by atoms with van der Waals surface area (Å²) < 4.78 is 4.83. The predicted octanol–water partition coefficient (Wildman–Crippen LogP) is 3.44. The number of unbranched alkanes of at least 4 members (excludes halogenated alkanes) is 6. The van der Waals surface area contributed by atoms with E-state index in [1.165, 1.54) is 32.1 Å². The highest BCUT2D eigenvalue weighted by atomic mass is 16.6. The van der Waals surface area contributed by atoms with Crippen LogP contribution in [0.25, 0.3) is 0 Å². The third-order valence-electron chi connectivity index (χ3n) is 2.27. The maximum atomic E-state index is 9.03. The second kappa shape index (κ2) is 11.4. The Balaban J connectivity index is 3.15. The van der Waals surface area contributed by atoms with E-state index in [0.717, 1.165) is 12.8 Å². The molecule has 0 spiro atoms. The average Bonchev–Trinajstić information content (AvgIpc) is 2.26. The van der Waals surface area contributed by atoms with E-state index in [0.29, 0.717) is 6.42 Å². The quantitative estimate of drug-likeness (QED) is 0.379. The molecule has 15 heavy (non-hydrogen) atoms. The number of rotatable bonds is 8. The SMILES string of the molecule is CCCCCCCCC#COC(O)CC. The van der Waals surface area contributed by atoms with Gasteiger partial charge in [0.25, 0.3) is 0 Å². The summed E-state index contributed by atoms with van der Waals surface area (Å²) in [5.74, 6) is 2.91. The molecular weight excluding hydrogens is 188 g/mol. The zero-order valence-electron chi connectivity index (χ0n) is 10.1. The van der Waals surface area contributed by atoms with Crippen LogP contribution in [0, 0.1) is 12.0 Å². The smallest absolute Gasteiger partial charge is 0.207 e. The van der Waals surface area contributed by atoms with Crippen LogP contribution in [0.15, 0.2) is 0 Å². The van der Waals surface area contributed by atoms with Crippen molar-refractivity contribution < 1.29 is 9.84 Å². The largest absolute Gasteiger partial charge is 0.415 e. The molecule has 0 rings (SSSR count). The Morgan fingerprint density at radius 2 is 1.73 bits per heavy atom. The second-order valence-electron chi connectivity index (χ2n) is 3.78. The Bertz CT molecular complexity index is 179. The molecule has 1 N–H and O–H groups in total. The Morgan fingerprint density at radius 1 is 1.07 bits per heavy atom. The topological polar surface area (TPSA) is 29.5 Å². The molecule has 0 saturated heterocycles. The van der Waals surface area contributed by atoms with Crippen LogP contribution in [0.1, 0.15) is 65.2 Å². The van der Waals surface area contributed by atoms with Gasteiger partial charge in [0.05, 0.1) is 0 Å². The average molecular weight is 212 g/mol. The number of ether oxygens (including phenoxy) is 1. The lowest BCUT2D eigenvalue weighted by Gasteiger charge is -2.01. The van der Waals surface area contributed by atoms with Crippen molar-refractivity contribution in [1.29, 1.82) is 0 Å². The van der Waals surface area contributed by atoms with Gasteiger partial charge in [0.2, 0.25) is 6.29 Å². The van der Waals surface area contributed by atoms with Gasteiger partial charge in [-0.05, 0) is 6.42 Å². The molecule has 0 aromatic carbocycles. The van der Waals surface area contributed by atoms with Crippen LogP contribution in [0.2, 0.25) is 0 Å². The van der Waals surface area contributed by atoms with E-state index in [4.69, 9.17) is 9.84 Å². The van der Waals surface area contributed by atoms with Crippen LogP contribution >= 0.6 is 0 Å². The fourth-order valence-electron chi connectivity index (χ4n) is 1.24. The van der Waals surface area contributed by atoms with E-state index in [-0.39, 0.29) is 0 Å². The van der Waals surface area contributed by atoms with E-state index in [9.17, 15) is 0 Å². The standard InChI is InChI=1S/C13H24O2/c1-3-5-6-7-8-9-10-11-12-15-13(14)4-2/h13-14H,3-10H2,1-2H3. The fourth-order valence-corrected chi connectivity index (χ4v) is 1.24. The minimum atomic E-state index is -0.720. The van der Waals surface area contributed by atoms with Crippen LogP contribution in [0.5, 0.6) is 0 Å². The van der Waals surface area contributed by atoms with Gasteiger partial charge in [0, 0.05) is 12.8 Å². The van der Waals surface area contributed by atoms with Crippen molar-refractivity contribution in [3.8, 4) is 12.0 Å². The first kappa shape index (κ1) is 14.3. The highest BCUT2D eigenvalue weighted by Crippen LogP contribution is 2.06. The summed E-state index contributed by atoms with van der Waals surface area (Å²) in [6.07, 6.45) is 11.0. The number of aliphatic hydroxyl groups excluding tert-OH is 1. The van der Waals surface area contributed by atoms with E-state index < -0.39 is 6.29 Å². The molecule has 1 unspecified atom stereocenters. The van der Waals surface area contributed by atoms with E-state index in [1.807, 2.05) is 6.92 Å². The Labute approximate surface area is 94.0 Å². The lowest BCUT2D eigenvalue weighted by molar-refractivity contribution is -0.0413. The molecule has 1 atom stereocenters. The van der Waals surface area contributed by atoms with Crippen LogP contribution in [-0.4, -0.2) is 11.4 Å². The highest BCUT2D eigenvalue weighted by Gasteiger charge is 1.94. The summed E-state index contributed by atoms with van der Waals surface area (Å²) in [5, 5.41) is 9.03. The lowest BCUT2D eigenvalue weighted by atomic mass is 10.1. The number of aliphatic hydroxyl groups is 1. The monoisotopic (exact) mass is 212 g/mol. The zero-order chi connectivity index (χ0) is 11.4. The first-order valence-electron chi connectivity index (χ1n) is 6.12. The van der Waals surface area contributed by atoms with Crippen LogP contribution < -0.4 is 0 Å². The van der Waals surface area contributed by atoms with Crippen molar-refractivity contribution in [3.05, 3.63) is 0 Å². The molecule has 2 heteroatoms. The molecule has 0 heterocycles. The third-order valence-corrected chi connectivity index (χ3v) is 2.27. The maximum absolute atomic E-state index is 9.03. The van der Waals surface area contributed by atoms with Gasteiger partial charge in [0.1, 0.15) is 6.11 Å². The first-order chi connectivity index (χ1) is 7.31. The van der Waals surface area contributed by atoms with Crippen LogP contribution in [-0.2, 0) is 4.74 Å². The molecule has 0 aliphatic rings. The molecule has 0 radical (unpaired) electrons. The van der Waals surface area contributed by atoms with Crippen LogP contribution in [0.4, 0.5) is 0 Å². The van der Waals surface area contributed by atoms with Gasteiger partial charge in [-0.15, -0.1) is 0 Å². The highest BCUT2D eigenvalue weighted by molar-refractivity contribution is 4.91. The summed E-state index contributed by atoms with van der Waals surface area (Å²) in [6, 6.07) is 0. The second-order valence-corrected chi connectivity index (χ2v) is 3.78. The minimum absolute atomic E-state index is 0.589. The van der Waals surface area contributed by atoms with Crippen molar-refractivity contribution in [2.24, 2.45) is 0 Å².